The Balaban J connectivity index is 1.52. The molecule has 166 valence electrons. The van der Waals surface area contributed by atoms with Crippen molar-refractivity contribution in [1.82, 2.24) is 14.3 Å². The van der Waals surface area contributed by atoms with Gasteiger partial charge in [-0.1, -0.05) is 51.1 Å². The number of imidazole rings is 1. The number of amides is 1. The normalized spacial score (nSPS) is 11.8. The van der Waals surface area contributed by atoms with Crippen molar-refractivity contribution in [2.24, 2.45) is 5.41 Å². The van der Waals surface area contributed by atoms with Crippen molar-refractivity contribution in [3.8, 4) is 11.3 Å². The summed E-state index contributed by atoms with van der Waals surface area (Å²) in [6.45, 7) is 7.52. The Morgan fingerprint density at radius 2 is 1.81 bits per heavy atom. The van der Waals surface area contributed by atoms with Crippen LogP contribution < -0.4 is 0 Å². The van der Waals surface area contributed by atoms with E-state index in [4.69, 9.17) is 4.98 Å². The van der Waals surface area contributed by atoms with Gasteiger partial charge in [0.05, 0.1) is 5.69 Å². The summed E-state index contributed by atoms with van der Waals surface area (Å²) in [5.74, 6) is -0.0839. The van der Waals surface area contributed by atoms with E-state index < -0.39 is 0 Å². The molecule has 1 amide bonds. The van der Waals surface area contributed by atoms with E-state index in [1.165, 1.54) is 12.1 Å². The predicted octanol–water partition coefficient (Wildman–Crippen LogP) is 6.21. The van der Waals surface area contributed by atoms with Gasteiger partial charge in [0, 0.05) is 48.8 Å². The highest BCUT2D eigenvalue weighted by Gasteiger charge is 2.22. The molecule has 4 rings (SSSR count). The van der Waals surface area contributed by atoms with E-state index in [9.17, 15) is 9.18 Å². The number of carbonyl (C=O) groups excluding carboxylic acids is 1. The van der Waals surface area contributed by atoms with Gasteiger partial charge in [-0.3, -0.25) is 9.20 Å². The molecule has 2 aromatic heterocycles. The van der Waals surface area contributed by atoms with Crippen LogP contribution in [0.4, 0.5) is 4.39 Å². The fourth-order valence-corrected chi connectivity index (χ4v) is 4.59. The second-order valence-corrected chi connectivity index (χ2v) is 10.1. The minimum atomic E-state index is -0.256. The molecular formula is C26H28FN3OS. The zero-order valence-electron chi connectivity index (χ0n) is 18.7. The fraction of sp³-hybridized carbons (Fsp3) is 0.308. The van der Waals surface area contributed by atoms with Crippen LogP contribution >= 0.6 is 11.3 Å². The molecular weight excluding hydrogens is 421 g/mol. The maximum Gasteiger partial charge on any atom is 0.223 e. The third-order valence-electron chi connectivity index (χ3n) is 5.31. The predicted molar refractivity (Wildman–Crippen MR) is 128 cm³/mol. The van der Waals surface area contributed by atoms with Gasteiger partial charge >= 0.3 is 0 Å². The van der Waals surface area contributed by atoms with E-state index in [0.29, 0.717) is 19.5 Å². The molecule has 0 aliphatic rings. The van der Waals surface area contributed by atoms with Crippen LogP contribution in [0.3, 0.4) is 0 Å². The van der Waals surface area contributed by atoms with Gasteiger partial charge in [-0.15, -0.1) is 11.3 Å². The number of halogens is 1. The Labute approximate surface area is 192 Å². The van der Waals surface area contributed by atoms with Crippen LogP contribution in [0.5, 0.6) is 0 Å². The zero-order chi connectivity index (χ0) is 22.7. The van der Waals surface area contributed by atoms with Crippen LogP contribution in [0.2, 0.25) is 0 Å². The lowest BCUT2D eigenvalue weighted by atomic mass is 9.91. The van der Waals surface area contributed by atoms with Crippen molar-refractivity contribution in [2.45, 2.75) is 40.2 Å². The van der Waals surface area contributed by atoms with Crippen molar-refractivity contribution < 1.29 is 9.18 Å². The van der Waals surface area contributed by atoms with Crippen LogP contribution in [0.15, 0.2) is 66.2 Å². The molecule has 0 saturated carbocycles. The van der Waals surface area contributed by atoms with Crippen molar-refractivity contribution in [1.29, 1.82) is 0 Å². The molecule has 0 atom stereocenters. The molecule has 0 spiro atoms. The Bertz CT molecular complexity index is 1190. The number of aromatic nitrogens is 2. The second kappa shape index (κ2) is 9.25. The van der Waals surface area contributed by atoms with Gasteiger partial charge < -0.3 is 4.90 Å². The highest BCUT2D eigenvalue weighted by molar-refractivity contribution is 7.15. The molecule has 6 heteroatoms. The molecule has 2 heterocycles. The molecule has 4 nitrogen and oxygen atoms in total. The van der Waals surface area contributed by atoms with Crippen LogP contribution in [0.1, 0.15) is 38.4 Å². The Kier molecular flexibility index (Phi) is 6.42. The molecule has 0 fully saturated rings. The first-order valence-corrected chi connectivity index (χ1v) is 11.7. The smallest absolute Gasteiger partial charge is 0.223 e. The summed E-state index contributed by atoms with van der Waals surface area (Å²) < 4.78 is 15.3. The first-order valence-electron chi connectivity index (χ1n) is 10.8. The zero-order valence-corrected chi connectivity index (χ0v) is 19.5. The van der Waals surface area contributed by atoms with Gasteiger partial charge in [0.1, 0.15) is 5.82 Å². The van der Waals surface area contributed by atoms with Crippen LogP contribution in [-0.2, 0) is 17.8 Å². The second-order valence-electron chi connectivity index (χ2n) is 9.30. The third-order valence-corrected chi connectivity index (χ3v) is 6.20. The van der Waals surface area contributed by atoms with Crippen LogP contribution in [0, 0.1) is 11.2 Å². The molecule has 0 radical (unpaired) electrons. The lowest BCUT2D eigenvalue weighted by Crippen LogP contribution is -2.35. The summed E-state index contributed by atoms with van der Waals surface area (Å²) in [6.07, 6.45) is 3.24. The number of fused-ring (bicyclic) bond motifs is 1. The Morgan fingerprint density at radius 1 is 1.09 bits per heavy atom. The minimum absolute atomic E-state index is 0.0594. The maximum absolute atomic E-state index is 13.3. The molecule has 0 saturated heterocycles. The Hall–Kier alpha value is -2.99. The fourth-order valence-electron chi connectivity index (χ4n) is 3.68. The van der Waals surface area contributed by atoms with Crippen molar-refractivity contribution in [3.05, 3.63) is 83.2 Å². The molecule has 0 N–H and O–H groups in total. The van der Waals surface area contributed by atoms with E-state index in [0.717, 1.165) is 33.9 Å². The summed E-state index contributed by atoms with van der Waals surface area (Å²) in [7, 11) is 0. The molecule has 0 unspecified atom stereocenters. The first kappa shape index (κ1) is 22.2. The number of rotatable bonds is 7. The minimum Gasteiger partial charge on any atom is -0.338 e. The Morgan fingerprint density at radius 3 is 2.50 bits per heavy atom. The molecule has 0 aliphatic heterocycles. The van der Waals surface area contributed by atoms with Crippen LogP contribution in [0.25, 0.3) is 16.2 Å². The molecule has 2 aromatic carbocycles. The van der Waals surface area contributed by atoms with E-state index in [2.05, 4.69) is 42.7 Å². The van der Waals surface area contributed by atoms with Crippen LogP contribution in [-0.4, -0.2) is 26.7 Å². The average Bonchev–Trinajstić information content (AvgIpc) is 3.32. The molecule has 0 bridgehead atoms. The molecule has 0 aliphatic carbocycles. The van der Waals surface area contributed by atoms with Gasteiger partial charge in [0.2, 0.25) is 5.91 Å². The number of carbonyl (C=O) groups is 1. The monoisotopic (exact) mass is 449 g/mol. The summed E-state index contributed by atoms with van der Waals surface area (Å²) in [5.41, 5.74) is 3.90. The number of thiazole rings is 1. The number of hydrogen-bond donors (Lipinski definition) is 0. The van der Waals surface area contributed by atoms with Gasteiger partial charge in [-0.25, -0.2) is 9.37 Å². The third kappa shape index (κ3) is 5.43. The summed E-state index contributed by atoms with van der Waals surface area (Å²) in [4.78, 5) is 20.6. The SMILES string of the molecule is CC(C)(C)CC(=O)N(CCc1csc2nc(-c3ccc(F)cc3)cn12)Cc1ccccc1. The molecule has 32 heavy (non-hydrogen) atoms. The van der Waals surface area contributed by atoms with Crippen molar-refractivity contribution in [2.75, 3.05) is 6.54 Å². The molecule has 4 aromatic rings. The lowest BCUT2D eigenvalue weighted by molar-refractivity contribution is -0.133. The quantitative estimate of drug-likeness (QED) is 0.336. The highest BCUT2D eigenvalue weighted by atomic mass is 32.1. The standard InChI is InChI=1S/C26H28FN3OS/c1-26(2,3)15-24(31)29(16-19-7-5-4-6-8-19)14-13-22-18-32-25-28-23(17-30(22)25)20-9-11-21(27)12-10-20/h4-12,17-18H,13-16H2,1-3H3. The largest absolute Gasteiger partial charge is 0.338 e. The highest BCUT2D eigenvalue weighted by Crippen LogP contribution is 2.25. The number of nitrogens with zero attached hydrogens (tertiary/aromatic N) is 3. The van der Waals surface area contributed by atoms with Crippen molar-refractivity contribution >= 4 is 22.2 Å². The summed E-state index contributed by atoms with van der Waals surface area (Å²) >= 11 is 1.58. The van der Waals surface area contributed by atoms with Gasteiger partial charge in [0.25, 0.3) is 0 Å². The lowest BCUT2D eigenvalue weighted by Gasteiger charge is -2.27. The van der Waals surface area contributed by atoms with Gasteiger partial charge in [-0.05, 0) is 35.2 Å². The topological polar surface area (TPSA) is 37.6 Å². The van der Waals surface area contributed by atoms with E-state index in [-0.39, 0.29) is 17.1 Å². The summed E-state index contributed by atoms with van der Waals surface area (Å²) in [6, 6.07) is 16.5. The number of hydrogen-bond acceptors (Lipinski definition) is 3. The van der Waals surface area contributed by atoms with Crippen molar-refractivity contribution in [3.63, 3.8) is 0 Å². The summed E-state index contributed by atoms with van der Waals surface area (Å²) in [5, 5.41) is 2.10. The van der Waals surface area contributed by atoms with E-state index >= 15 is 0 Å². The first-order chi connectivity index (χ1) is 15.3. The number of benzene rings is 2. The average molecular weight is 450 g/mol. The maximum atomic E-state index is 13.3. The van der Waals surface area contributed by atoms with E-state index in [1.54, 1.807) is 23.5 Å². The van der Waals surface area contributed by atoms with Gasteiger partial charge in [-0.2, -0.15) is 0 Å². The van der Waals surface area contributed by atoms with E-state index in [1.807, 2.05) is 29.3 Å². The van der Waals surface area contributed by atoms with Gasteiger partial charge in [0.15, 0.2) is 4.96 Å².